The topological polar surface area (TPSA) is 55.1 Å². The van der Waals surface area contributed by atoms with Crippen LogP contribution in [-0.4, -0.2) is 20.4 Å². The molecule has 1 N–H and O–H groups in total. The summed E-state index contributed by atoms with van der Waals surface area (Å²) in [6.07, 6.45) is 4.54. The highest BCUT2D eigenvalue weighted by atomic mass is 35.5. The van der Waals surface area contributed by atoms with Gasteiger partial charge in [-0.2, -0.15) is 0 Å². The van der Waals surface area contributed by atoms with Crippen LogP contribution in [0.4, 0.5) is 0 Å². The minimum atomic E-state index is -0.158. The molecule has 4 nitrogen and oxygen atoms in total. The van der Waals surface area contributed by atoms with Crippen LogP contribution in [0.3, 0.4) is 0 Å². The molecule has 0 aliphatic carbocycles. The van der Waals surface area contributed by atoms with Crippen molar-refractivity contribution in [2.24, 2.45) is 7.05 Å². The van der Waals surface area contributed by atoms with Crippen molar-refractivity contribution in [1.29, 1.82) is 0 Å². The quantitative estimate of drug-likeness (QED) is 0.683. The first-order chi connectivity index (χ1) is 8.58. The summed E-state index contributed by atoms with van der Waals surface area (Å²) in [5.41, 5.74) is 0.504. The van der Waals surface area contributed by atoms with E-state index in [0.29, 0.717) is 16.5 Å². The second-order valence-electron chi connectivity index (χ2n) is 3.74. The molecule has 0 aliphatic rings. The maximum atomic E-state index is 11.8. The number of ketones is 1. The van der Waals surface area contributed by atoms with E-state index in [1.807, 2.05) is 0 Å². The Morgan fingerprint density at radius 3 is 2.61 bits per heavy atom. The molecule has 0 amide bonds. The summed E-state index contributed by atoms with van der Waals surface area (Å²) in [5, 5.41) is 9.63. The van der Waals surface area contributed by atoms with Gasteiger partial charge in [0.25, 0.3) is 0 Å². The van der Waals surface area contributed by atoms with Gasteiger partial charge in [0.05, 0.1) is 6.20 Å². The maximum absolute atomic E-state index is 11.8. The van der Waals surface area contributed by atoms with Crippen molar-refractivity contribution in [3.8, 4) is 5.75 Å². The zero-order valence-electron chi connectivity index (χ0n) is 9.67. The van der Waals surface area contributed by atoms with Gasteiger partial charge < -0.3 is 9.67 Å². The van der Waals surface area contributed by atoms with Crippen molar-refractivity contribution in [2.75, 3.05) is 0 Å². The Morgan fingerprint density at radius 2 is 2.06 bits per heavy atom. The van der Waals surface area contributed by atoms with Gasteiger partial charge in [0.2, 0.25) is 0 Å². The van der Waals surface area contributed by atoms with Crippen molar-refractivity contribution in [1.82, 2.24) is 9.55 Å². The molecule has 0 aliphatic heterocycles. The van der Waals surface area contributed by atoms with E-state index in [2.05, 4.69) is 4.98 Å². The van der Waals surface area contributed by atoms with Crippen LogP contribution >= 0.6 is 11.6 Å². The molecule has 0 fully saturated rings. The summed E-state index contributed by atoms with van der Waals surface area (Å²) in [6, 6.07) is 6.07. The minimum absolute atomic E-state index is 0.131. The first kappa shape index (κ1) is 12.4. The average Bonchev–Trinajstić information content (AvgIpc) is 2.68. The third kappa shape index (κ3) is 2.60. The number of imidazole rings is 1. The molecule has 2 aromatic rings. The van der Waals surface area contributed by atoms with E-state index in [1.54, 1.807) is 29.8 Å². The molecule has 0 spiro atoms. The normalized spacial score (nSPS) is 11.0. The van der Waals surface area contributed by atoms with Gasteiger partial charge in [-0.25, -0.2) is 4.98 Å². The molecule has 0 atom stereocenters. The van der Waals surface area contributed by atoms with Crippen LogP contribution in [-0.2, 0) is 7.05 Å². The van der Waals surface area contributed by atoms with Crippen molar-refractivity contribution in [3.05, 3.63) is 53.1 Å². The minimum Gasteiger partial charge on any atom is -0.508 e. The van der Waals surface area contributed by atoms with Crippen molar-refractivity contribution in [3.63, 3.8) is 0 Å². The molecule has 1 heterocycles. The van der Waals surface area contributed by atoms with E-state index in [1.165, 1.54) is 24.4 Å². The van der Waals surface area contributed by atoms with Crippen LogP contribution in [0.25, 0.3) is 6.08 Å². The molecule has 18 heavy (non-hydrogen) atoms. The molecule has 92 valence electrons. The van der Waals surface area contributed by atoms with Gasteiger partial charge in [-0.1, -0.05) is 11.6 Å². The van der Waals surface area contributed by atoms with Gasteiger partial charge >= 0.3 is 0 Å². The predicted molar refractivity (Wildman–Crippen MR) is 69.7 cm³/mol. The number of rotatable bonds is 3. The molecular weight excluding hydrogens is 252 g/mol. The third-order valence-corrected chi connectivity index (χ3v) is 2.85. The van der Waals surface area contributed by atoms with Crippen molar-refractivity contribution in [2.45, 2.75) is 0 Å². The summed E-state index contributed by atoms with van der Waals surface area (Å²) in [5.74, 6) is 0.577. The fourth-order valence-electron chi connectivity index (χ4n) is 1.43. The van der Waals surface area contributed by atoms with Crippen LogP contribution in [0.1, 0.15) is 16.2 Å². The molecule has 2 rings (SSSR count). The summed E-state index contributed by atoms with van der Waals surface area (Å²) in [7, 11) is 1.76. The number of benzene rings is 1. The molecule has 1 aromatic carbocycles. The fourth-order valence-corrected chi connectivity index (χ4v) is 1.56. The largest absolute Gasteiger partial charge is 0.508 e. The summed E-state index contributed by atoms with van der Waals surface area (Å²) >= 11 is 5.83. The molecule has 1 aromatic heterocycles. The molecule has 5 heteroatoms. The average molecular weight is 263 g/mol. The number of allylic oxidation sites excluding steroid dienone is 1. The van der Waals surface area contributed by atoms with E-state index < -0.39 is 0 Å². The first-order valence-corrected chi connectivity index (χ1v) is 5.64. The van der Waals surface area contributed by atoms with Gasteiger partial charge in [0.15, 0.2) is 5.78 Å². The number of aromatic hydroxyl groups is 1. The van der Waals surface area contributed by atoms with Crippen LogP contribution in [0.2, 0.25) is 5.15 Å². The molecular formula is C13H11ClN2O2. The lowest BCUT2D eigenvalue weighted by Crippen LogP contribution is -1.95. The lowest BCUT2D eigenvalue weighted by atomic mass is 10.1. The zero-order valence-corrected chi connectivity index (χ0v) is 10.4. The van der Waals surface area contributed by atoms with Crippen molar-refractivity contribution < 1.29 is 9.90 Å². The number of aromatic nitrogens is 2. The highest BCUT2D eigenvalue weighted by Crippen LogP contribution is 2.13. The Kier molecular flexibility index (Phi) is 3.48. The van der Waals surface area contributed by atoms with Gasteiger partial charge in [0.1, 0.15) is 16.7 Å². The second kappa shape index (κ2) is 5.06. The Morgan fingerprint density at radius 1 is 1.39 bits per heavy atom. The highest BCUT2D eigenvalue weighted by molar-refractivity contribution is 6.29. The molecule has 0 saturated heterocycles. The van der Waals surface area contributed by atoms with E-state index in [-0.39, 0.29) is 11.5 Å². The lowest BCUT2D eigenvalue weighted by molar-refractivity contribution is 0.104. The van der Waals surface area contributed by atoms with E-state index >= 15 is 0 Å². The standard InChI is InChI=1S/C13H11ClN2O2/c1-16-12(14)8-15-13(16)7-6-11(18)9-2-4-10(17)5-3-9/h2-8,17H,1H3/b7-6+. The zero-order chi connectivity index (χ0) is 13.1. The number of phenolic OH excluding ortho intramolecular Hbond substituents is 1. The number of carbonyl (C=O) groups is 1. The monoisotopic (exact) mass is 262 g/mol. The van der Waals surface area contributed by atoms with Gasteiger partial charge in [-0.3, -0.25) is 4.79 Å². The predicted octanol–water partition coefficient (Wildman–Crippen LogP) is 2.68. The third-order valence-electron chi connectivity index (χ3n) is 2.50. The SMILES string of the molecule is Cn1c(Cl)cnc1/C=C/C(=O)c1ccc(O)cc1. The molecule has 0 bridgehead atoms. The van der Waals surface area contributed by atoms with E-state index in [4.69, 9.17) is 16.7 Å². The summed E-state index contributed by atoms with van der Waals surface area (Å²) in [6.45, 7) is 0. The lowest BCUT2D eigenvalue weighted by Gasteiger charge is -1.97. The Balaban J connectivity index is 2.16. The van der Waals surface area contributed by atoms with Gasteiger partial charge in [0, 0.05) is 12.6 Å². The molecule has 0 saturated carbocycles. The van der Waals surface area contributed by atoms with Crippen LogP contribution in [0, 0.1) is 0 Å². The van der Waals surface area contributed by atoms with Crippen molar-refractivity contribution >= 4 is 23.5 Å². The number of nitrogens with zero attached hydrogens (tertiary/aromatic N) is 2. The van der Waals surface area contributed by atoms with Crippen LogP contribution in [0.5, 0.6) is 5.75 Å². The summed E-state index contributed by atoms with van der Waals surface area (Å²) < 4.78 is 1.67. The van der Waals surface area contributed by atoms with Crippen LogP contribution in [0.15, 0.2) is 36.5 Å². The Hall–Kier alpha value is -2.07. The van der Waals surface area contributed by atoms with E-state index in [9.17, 15) is 4.79 Å². The number of phenols is 1. The highest BCUT2D eigenvalue weighted by Gasteiger charge is 2.04. The Labute approximate surface area is 109 Å². The molecule has 0 radical (unpaired) electrons. The smallest absolute Gasteiger partial charge is 0.185 e. The van der Waals surface area contributed by atoms with E-state index in [0.717, 1.165) is 0 Å². The number of halogens is 1. The van der Waals surface area contributed by atoms with Gasteiger partial charge in [-0.15, -0.1) is 0 Å². The Bertz CT molecular complexity index is 600. The first-order valence-electron chi connectivity index (χ1n) is 5.26. The summed E-state index contributed by atoms with van der Waals surface area (Å²) in [4.78, 5) is 15.9. The number of hydrogen-bond donors (Lipinski definition) is 1. The fraction of sp³-hybridized carbons (Fsp3) is 0.0769. The number of carbonyl (C=O) groups excluding carboxylic acids is 1. The van der Waals surface area contributed by atoms with Gasteiger partial charge in [-0.05, 0) is 36.4 Å². The second-order valence-corrected chi connectivity index (χ2v) is 4.13. The molecule has 0 unspecified atom stereocenters. The number of hydrogen-bond acceptors (Lipinski definition) is 3. The van der Waals surface area contributed by atoms with Crippen LogP contribution < -0.4 is 0 Å². The maximum Gasteiger partial charge on any atom is 0.185 e.